The smallest absolute Gasteiger partial charge is 0.162 e. The first kappa shape index (κ1) is 29.1. The third-order valence-corrected chi connectivity index (χ3v) is 6.26. The summed E-state index contributed by atoms with van der Waals surface area (Å²) in [5.74, 6) is 0. The van der Waals surface area contributed by atoms with Gasteiger partial charge < -0.3 is 0 Å². The van der Waals surface area contributed by atoms with Crippen molar-refractivity contribution in [2.24, 2.45) is 0 Å². The molecule has 0 aliphatic carbocycles. The molecule has 0 bridgehead atoms. The molecule has 1 aromatic rings. The fraction of sp³-hybridized carbons (Fsp3) is 0.793. The number of rotatable bonds is 23. The van der Waals surface area contributed by atoms with E-state index in [1.807, 2.05) is 0 Å². The van der Waals surface area contributed by atoms with Gasteiger partial charge in [-0.15, -0.1) is 0 Å². The second-order valence-electron chi connectivity index (χ2n) is 9.35. The lowest BCUT2D eigenvalue weighted by Crippen LogP contribution is -2.50. The van der Waals surface area contributed by atoms with Crippen molar-refractivity contribution in [1.29, 1.82) is 0 Å². The van der Waals surface area contributed by atoms with Crippen LogP contribution in [-0.2, 0) is 9.68 Å². The van der Waals surface area contributed by atoms with Crippen LogP contribution in [0.25, 0.3) is 0 Å². The largest absolute Gasteiger partial charge is 0.199 e. The molecule has 186 valence electrons. The maximum absolute atomic E-state index is 6.49. The molecular weight excluding hydrogens is 394 g/mol. The number of para-hydroxylation sites is 1. The Morgan fingerprint density at radius 2 is 0.906 bits per heavy atom. The van der Waals surface area contributed by atoms with Crippen LogP contribution in [0.15, 0.2) is 30.3 Å². The summed E-state index contributed by atoms with van der Waals surface area (Å²) in [6, 6.07) is 10.6. The summed E-state index contributed by atoms with van der Waals surface area (Å²) in [4.78, 5) is 13.2. The van der Waals surface area contributed by atoms with E-state index in [0.29, 0.717) is 0 Å². The van der Waals surface area contributed by atoms with Crippen LogP contribution in [0.1, 0.15) is 130 Å². The second kappa shape index (κ2) is 20.7. The van der Waals surface area contributed by atoms with Crippen LogP contribution in [0.2, 0.25) is 0 Å². The average Bonchev–Trinajstić information content (AvgIpc) is 2.82. The first-order valence-corrected chi connectivity index (χ1v) is 14.0. The molecule has 0 atom stereocenters. The Morgan fingerprint density at radius 1 is 0.500 bits per heavy atom. The number of nitrogens with zero attached hydrogens (tertiary/aromatic N) is 1. The number of hydroxylamine groups is 2. The van der Waals surface area contributed by atoms with Gasteiger partial charge in [0.1, 0.15) is 19.8 Å². The SMILES string of the molecule is CCCCCCCCCCO[N+](CCC)(OCCCCCCCCCC)c1ccccc1. The zero-order valence-corrected chi connectivity index (χ0v) is 21.8. The second-order valence-corrected chi connectivity index (χ2v) is 9.35. The van der Waals surface area contributed by atoms with Crippen LogP contribution in [0.3, 0.4) is 0 Å². The third kappa shape index (κ3) is 13.6. The van der Waals surface area contributed by atoms with Crippen molar-refractivity contribution in [2.75, 3.05) is 19.8 Å². The molecule has 0 aromatic heterocycles. The number of benzene rings is 1. The van der Waals surface area contributed by atoms with Gasteiger partial charge in [-0.05, 0) is 17.7 Å². The highest BCUT2D eigenvalue weighted by molar-refractivity contribution is 5.38. The van der Waals surface area contributed by atoms with Crippen LogP contribution in [0.4, 0.5) is 5.69 Å². The summed E-state index contributed by atoms with van der Waals surface area (Å²) < 4.78 is 0. The monoisotopic (exact) mass is 448 g/mol. The lowest BCUT2D eigenvalue weighted by Gasteiger charge is -2.32. The van der Waals surface area contributed by atoms with E-state index in [4.69, 9.17) is 9.68 Å². The molecule has 0 aliphatic heterocycles. The summed E-state index contributed by atoms with van der Waals surface area (Å²) in [7, 11) is 0. The Morgan fingerprint density at radius 3 is 1.31 bits per heavy atom. The summed E-state index contributed by atoms with van der Waals surface area (Å²) in [6.07, 6.45) is 22.1. The van der Waals surface area contributed by atoms with Crippen molar-refractivity contribution in [3.63, 3.8) is 0 Å². The van der Waals surface area contributed by atoms with Crippen molar-refractivity contribution in [3.05, 3.63) is 30.3 Å². The van der Waals surface area contributed by atoms with Gasteiger partial charge in [0.15, 0.2) is 5.69 Å². The number of hydrogen-bond acceptors (Lipinski definition) is 2. The molecule has 3 nitrogen and oxygen atoms in total. The lowest BCUT2D eigenvalue weighted by molar-refractivity contribution is -0.353. The summed E-state index contributed by atoms with van der Waals surface area (Å²) in [6.45, 7) is 9.17. The minimum atomic E-state index is 0.227. The van der Waals surface area contributed by atoms with E-state index in [1.54, 1.807) is 0 Å². The summed E-state index contributed by atoms with van der Waals surface area (Å²) in [5, 5.41) is 0. The van der Waals surface area contributed by atoms with Gasteiger partial charge in [-0.1, -0.05) is 129 Å². The van der Waals surface area contributed by atoms with Crippen molar-refractivity contribution >= 4 is 5.69 Å². The Hall–Kier alpha value is -0.900. The molecular formula is C29H54NO2+. The van der Waals surface area contributed by atoms with Gasteiger partial charge in [0, 0.05) is 18.6 Å². The fourth-order valence-corrected chi connectivity index (χ4v) is 4.29. The van der Waals surface area contributed by atoms with Crippen LogP contribution in [-0.4, -0.2) is 19.8 Å². The maximum atomic E-state index is 6.49. The average molecular weight is 449 g/mol. The first-order chi connectivity index (χ1) is 15.8. The Kier molecular flexibility index (Phi) is 18.8. The van der Waals surface area contributed by atoms with Crippen LogP contribution < -0.4 is 4.81 Å². The van der Waals surface area contributed by atoms with Gasteiger partial charge in [-0.2, -0.15) is 9.68 Å². The van der Waals surface area contributed by atoms with Crippen molar-refractivity contribution < 1.29 is 9.68 Å². The number of unbranched alkanes of at least 4 members (excludes halogenated alkanes) is 14. The molecule has 0 unspecified atom stereocenters. The molecule has 32 heavy (non-hydrogen) atoms. The van der Waals surface area contributed by atoms with Crippen LogP contribution in [0, 0.1) is 0 Å². The van der Waals surface area contributed by atoms with E-state index in [9.17, 15) is 0 Å². The summed E-state index contributed by atoms with van der Waals surface area (Å²) >= 11 is 0. The van der Waals surface area contributed by atoms with Crippen LogP contribution >= 0.6 is 0 Å². The highest BCUT2D eigenvalue weighted by atomic mass is 17.0. The van der Waals surface area contributed by atoms with E-state index >= 15 is 0 Å². The minimum absolute atomic E-state index is 0.227. The highest BCUT2D eigenvalue weighted by Gasteiger charge is 2.34. The molecule has 1 aromatic carbocycles. The number of hydrogen-bond donors (Lipinski definition) is 0. The molecule has 1 rings (SSSR count). The van der Waals surface area contributed by atoms with E-state index < -0.39 is 0 Å². The van der Waals surface area contributed by atoms with Gasteiger partial charge in [0.25, 0.3) is 0 Å². The molecule has 0 saturated carbocycles. The Bertz CT molecular complexity index is 483. The minimum Gasteiger partial charge on any atom is -0.162 e. The van der Waals surface area contributed by atoms with E-state index in [1.165, 1.54) is 89.9 Å². The highest BCUT2D eigenvalue weighted by Crippen LogP contribution is 2.26. The molecule has 0 heterocycles. The van der Waals surface area contributed by atoms with Crippen LogP contribution in [0.5, 0.6) is 0 Å². The predicted octanol–water partition coefficient (Wildman–Crippen LogP) is 9.55. The maximum Gasteiger partial charge on any atom is 0.199 e. The molecule has 0 N–H and O–H groups in total. The summed E-state index contributed by atoms with van der Waals surface area (Å²) in [5.41, 5.74) is 1.12. The van der Waals surface area contributed by atoms with Crippen molar-refractivity contribution in [2.45, 2.75) is 130 Å². The van der Waals surface area contributed by atoms with Gasteiger partial charge in [0.2, 0.25) is 0 Å². The predicted molar refractivity (Wildman–Crippen MR) is 141 cm³/mol. The van der Waals surface area contributed by atoms with Crippen molar-refractivity contribution in [3.8, 4) is 0 Å². The van der Waals surface area contributed by atoms with Gasteiger partial charge >= 0.3 is 0 Å². The molecule has 3 heteroatoms. The zero-order valence-electron chi connectivity index (χ0n) is 21.8. The molecule has 0 saturated heterocycles. The van der Waals surface area contributed by atoms with E-state index in [0.717, 1.165) is 44.7 Å². The third-order valence-electron chi connectivity index (χ3n) is 6.26. The quantitative estimate of drug-likeness (QED) is 0.0942. The molecule has 0 radical (unpaired) electrons. The van der Waals surface area contributed by atoms with Crippen molar-refractivity contribution in [1.82, 2.24) is 4.81 Å². The Labute approximate surface area is 200 Å². The van der Waals surface area contributed by atoms with Gasteiger partial charge in [-0.25, -0.2) is 0 Å². The van der Waals surface area contributed by atoms with E-state index in [-0.39, 0.29) is 4.81 Å². The normalized spacial score (nSPS) is 11.8. The zero-order chi connectivity index (χ0) is 23.2. The van der Waals surface area contributed by atoms with E-state index in [2.05, 4.69) is 51.1 Å². The lowest BCUT2D eigenvalue weighted by atomic mass is 10.1. The molecule has 0 amide bonds. The topological polar surface area (TPSA) is 18.5 Å². The molecule has 0 fully saturated rings. The Balaban J connectivity index is 2.42. The molecule has 0 spiro atoms. The number of quaternary nitrogens is 1. The van der Waals surface area contributed by atoms with Gasteiger partial charge in [-0.3, -0.25) is 0 Å². The molecule has 0 aliphatic rings. The van der Waals surface area contributed by atoms with Gasteiger partial charge in [0.05, 0.1) is 0 Å². The first-order valence-electron chi connectivity index (χ1n) is 14.0. The fourth-order valence-electron chi connectivity index (χ4n) is 4.29. The standard InChI is InChI=1S/C29H54NO2/c1-4-7-9-11-13-15-17-22-27-31-30(26-6-3,29-24-20-19-21-25-29)32-28-23-18-16-14-12-10-8-5-2/h19-21,24-25H,4-18,22-23,26-28H2,1-3H3/q+1.